The van der Waals surface area contributed by atoms with E-state index in [2.05, 4.69) is 15.1 Å². The average molecular weight is 304 g/mol. The van der Waals surface area contributed by atoms with E-state index in [1.54, 1.807) is 18.0 Å². The number of nitrogens with one attached hydrogen (secondary N) is 1. The minimum Gasteiger partial charge on any atom is -0.367 e. The first-order valence-corrected chi connectivity index (χ1v) is 7.47. The number of hydrogen-bond acceptors (Lipinski definition) is 5. The van der Waals surface area contributed by atoms with Crippen molar-refractivity contribution in [3.05, 3.63) is 34.7 Å². The molecule has 3 heterocycles. The van der Waals surface area contributed by atoms with Gasteiger partial charge in [-0.1, -0.05) is 12.1 Å². The Balaban J connectivity index is 1.79. The molecular formula is C15H20N4O3. The standard InChI is InChI=1S/C15H20N4O3/c1-4-11-13(10(3)22-18-11)15(20)19-5-6-21-12(8-19)14-16-7-9(2)17-14/h7,12H,4-6,8H2,1-3H3,(H,16,17)/t12-/m1/s1. The van der Waals surface area contributed by atoms with Gasteiger partial charge >= 0.3 is 0 Å². The summed E-state index contributed by atoms with van der Waals surface area (Å²) in [6.07, 6.45) is 2.21. The van der Waals surface area contributed by atoms with Gasteiger partial charge in [-0.25, -0.2) is 4.98 Å². The van der Waals surface area contributed by atoms with Crippen molar-refractivity contribution < 1.29 is 14.1 Å². The van der Waals surface area contributed by atoms with Crippen molar-refractivity contribution in [2.75, 3.05) is 19.7 Å². The zero-order chi connectivity index (χ0) is 15.7. The minimum atomic E-state index is -0.225. The molecule has 118 valence electrons. The van der Waals surface area contributed by atoms with Crippen LogP contribution in [0.25, 0.3) is 0 Å². The third-order valence-electron chi connectivity index (χ3n) is 3.86. The zero-order valence-corrected chi connectivity index (χ0v) is 13.0. The van der Waals surface area contributed by atoms with E-state index in [0.717, 1.165) is 11.5 Å². The first kappa shape index (κ1) is 14.8. The van der Waals surface area contributed by atoms with Gasteiger partial charge < -0.3 is 19.1 Å². The molecule has 7 heteroatoms. The van der Waals surface area contributed by atoms with Crippen LogP contribution in [0.15, 0.2) is 10.7 Å². The lowest BCUT2D eigenvalue weighted by Crippen LogP contribution is -2.42. The van der Waals surface area contributed by atoms with Gasteiger partial charge in [-0.05, 0) is 20.3 Å². The van der Waals surface area contributed by atoms with Gasteiger partial charge in [0.2, 0.25) is 0 Å². The largest absolute Gasteiger partial charge is 0.367 e. The molecule has 1 atom stereocenters. The lowest BCUT2D eigenvalue weighted by atomic mass is 10.1. The molecule has 1 amide bonds. The number of nitrogens with zero attached hydrogens (tertiary/aromatic N) is 3. The fraction of sp³-hybridized carbons (Fsp3) is 0.533. The summed E-state index contributed by atoms with van der Waals surface area (Å²) >= 11 is 0. The Labute approximate surface area is 128 Å². The van der Waals surface area contributed by atoms with Crippen molar-refractivity contribution in [3.8, 4) is 0 Å². The van der Waals surface area contributed by atoms with Crippen LogP contribution in [-0.4, -0.2) is 45.6 Å². The Hall–Kier alpha value is -2.15. The Bertz CT molecular complexity index is 676. The highest BCUT2D eigenvalue weighted by atomic mass is 16.5. The molecule has 7 nitrogen and oxygen atoms in total. The molecule has 1 saturated heterocycles. The normalized spacial score (nSPS) is 18.7. The minimum absolute atomic E-state index is 0.0489. The number of rotatable bonds is 3. The summed E-state index contributed by atoms with van der Waals surface area (Å²) < 4.78 is 10.9. The molecule has 0 spiro atoms. The van der Waals surface area contributed by atoms with E-state index in [4.69, 9.17) is 9.26 Å². The fourth-order valence-corrected chi connectivity index (χ4v) is 2.69. The third-order valence-corrected chi connectivity index (χ3v) is 3.86. The smallest absolute Gasteiger partial charge is 0.259 e. The second-order valence-electron chi connectivity index (χ2n) is 5.48. The van der Waals surface area contributed by atoms with E-state index >= 15 is 0 Å². The second kappa shape index (κ2) is 5.92. The lowest BCUT2D eigenvalue weighted by molar-refractivity contribution is -0.0265. The lowest BCUT2D eigenvalue weighted by Gasteiger charge is -2.32. The molecule has 1 aliphatic rings. The molecule has 2 aromatic rings. The predicted octanol–water partition coefficient (Wildman–Crippen LogP) is 1.79. The highest BCUT2D eigenvalue weighted by Gasteiger charge is 2.30. The number of aromatic nitrogens is 3. The predicted molar refractivity (Wildman–Crippen MR) is 78.5 cm³/mol. The Morgan fingerprint density at radius 1 is 1.50 bits per heavy atom. The van der Waals surface area contributed by atoms with Gasteiger partial charge in [0.05, 0.1) is 18.8 Å². The molecule has 0 aliphatic carbocycles. The van der Waals surface area contributed by atoms with Crippen LogP contribution in [0.2, 0.25) is 0 Å². The molecule has 0 saturated carbocycles. The summed E-state index contributed by atoms with van der Waals surface area (Å²) in [5.41, 5.74) is 2.27. The Morgan fingerprint density at radius 2 is 2.32 bits per heavy atom. The monoisotopic (exact) mass is 304 g/mol. The number of carbonyl (C=O) groups is 1. The third kappa shape index (κ3) is 2.64. The van der Waals surface area contributed by atoms with Gasteiger partial charge in [-0.2, -0.15) is 0 Å². The number of hydrogen-bond donors (Lipinski definition) is 1. The van der Waals surface area contributed by atoms with E-state index in [1.165, 1.54) is 0 Å². The summed E-state index contributed by atoms with van der Waals surface area (Å²) in [5.74, 6) is 1.28. The number of H-pyrrole nitrogens is 1. The quantitative estimate of drug-likeness (QED) is 0.934. The van der Waals surface area contributed by atoms with E-state index in [-0.39, 0.29) is 12.0 Å². The van der Waals surface area contributed by atoms with Crippen LogP contribution in [0.4, 0.5) is 0 Å². The topological polar surface area (TPSA) is 84.2 Å². The molecule has 0 radical (unpaired) electrons. The molecule has 0 aromatic carbocycles. The SMILES string of the molecule is CCc1noc(C)c1C(=O)N1CCO[C@@H](c2ncc(C)[nH]2)C1. The molecule has 3 rings (SSSR count). The molecule has 1 N–H and O–H groups in total. The summed E-state index contributed by atoms with van der Waals surface area (Å²) in [6, 6.07) is 0. The van der Waals surface area contributed by atoms with Gasteiger partial charge in [0.1, 0.15) is 23.3 Å². The Morgan fingerprint density at radius 3 is 3.00 bits per heavy atom. The fourth-order valence-electron chi connectivity index (χ4n) is 2.69. The second-order valence-corrected chi connectivity index (χ2v) is 5.48. The van der Waals surface area contributed by atoms with Crippen molar-refractivity contribution in [1.82, 2.24) is 20.0 Å². The van der Waals surface area contributed by atoms with Gasteiger partial charge in [0.15, 0.2) is 0 Å². The maximum atomic E-state index is 12.8. The maximum absolute atomic E-state index is 12.8. The average Bonchev–Trinajstić information content (AvgIpc) is 3.12. The van der Waals surface area contributed by atoms with Gasteiger partial charge in [0, 0.05) is 18.4 Å². The summed E-state index contributed by atoms with van der Waals surface area (Å²) in [5, 5.41) is 3.96. The van der Waals surface area contributed by atoms with Crippen LogP contribution < -0.4 is 0 Å². The molecule has 0 unspecified atom stereocenters. The van der Waals surface area contributed by atoms with Gasteiger partial charge in [-0.15, -0.1) is 0 Å². The number of imidazole rings is 1. The summed E-state index contributed by atoms with van der Waals surface area (Å²) in [4.78, 5) is 22.0. The van der Waals surface area contributed by atoms with Crippen molar-refractivity contribution in [2.24, 2.45) is 0 Å². The first-order valence-electron chi connectivity index (χ1n) is 7.47. The highest BCUT2D eigenvalue weighted by molar-refractivity contribution is 5.96. The number of morpholine rings is 1. The van der Waals surface area contributed by atoms with E-state index < -0.39 is 0 Å². The van der Waals surface area contributed by atoms with Gasteiger partial charge in [-0.3, -0.25) is 4.79 Å². The van der Waals surface area contributed by atoms with Gasteiger partial charge in [0.25, 0.3) is 5.91 Å². The van der Waals surface area contributed by atoms with Crippen LogP contribution >= 0.6 is 0 Å². The molecule has 2 aromatic heterocycles. The van der Waals surface area contributed by atoms with E-state index in [9.17, 15) is 4.79 Å². The summed E-state index contributed by atoms with van der Waals surface area (Å²) in [6.45, 7) is 7.19. The van der Waals surface area contributed by atoms with Crippen molar-refractivity contribution in [2.45, 2.75) is 33.3 Å². The van der Waals surface area contributed by atoms with E-state index in [1.807, 2.05) is 13.8 Å². The van der Waals surface area contributed by atoms with Crippen LogP contribution in [0.3, 0.4) is 0 Å². The molecule has 22 heavy (non-hydrogen) atoms. The summed E-state index contributed by atoms with van der Waals surface area (Å²) in [7, 11) is 0. The van der Waals surface area contributed by atoms with Crippen molar-refractivity contribution >= 4 is 5.91 Å². The molecule has 1 aliphatic heterocycles. The van der Waals surface area contributed by atoms with Crippen LogP contribution in [0.5, 0.6) is 0 Å². The van der Waals surface area contributed by atoms with Crippen molar-refractivity contribution in [1.29, 1.82) is 0 Å². The number of amides is 1. The molecule has 1 fully saturated rings. The van der Waals surface area contributed by atoms with Crippen molar-refractivity contribution in [3.63, 3.8) is 0 Å². The number of ether oxygens (including phenoxy) is 1. The number of carbonyl (C=O) groups excluding carboxylic acids is 1. The first-order chi connectivity index (χ1) is 10.6. The molecular weight excluding hydrogens is 284 g/mol. The highest BCUT2D eigenvalue weighted by Crippen LogP contribution is 2.23. The number of aromatic amines is 1. The van der Waals surface area contributed by atoms with E-state index in [0.29, 0.717) is 43.1 Å². The van der Waals surface area contributed by atoms with Crippen LogP contribution in [0.1, 0.15) is 46.4 Å². The Kier molecular flexibility index (Phi) is 3.98. The number of aryl methyl sites for hydroxylation is 3. The zero-order valence-electron chi connectivity index (χ0n) is 13.0. The van der Waals surface area contributed by atoms with Crippen LogP contribution in [0, 0.1) is 13.8 Å². The molecule has 0 bridgehead atoms. The van der Waals surface area contributed by atoms with Crippen LogP contribution in [-0.2, 0) is 11.2 Å². The maximum Gasteiger partial charge on any atom is 0.259 e.